The minimum atomic E-state index is -1.44. The first-order valence-electron chi connectivity index (χ1n) is 4.60. The Morgan fingerprint density at radius 1 is 1.31 bits per heavy atom. The van der Waals surface area contributed by atoms with E-state index < -0.39 is 17.9 Å². The molecule has 0 aromatic carbocycles. The summed E-state index contributed by atoms with van der Waals surface area (Å²) in [5, 5.41) is 17.2. The number of aliphatic carboxylic acids is 2. The first kappa shape index (κ1) is 12.0. The van der Waals surface area contributed by atoms with Crippen molar-refractivity contribution in [3.8, 4) is 5.88 Å². The van der Waals surface area contributed by atoms with E-state index in [-0.39, 0.29) is 13.0 Å². The second-order valence-corrected chi connectivity index (χ2v) is 3.03. The zero-order valence-corrected chi connectivity index (χ0v) is 8.37. The number of pyridine rings is 1. The molecule has 0 bridgehead atoms. The van der Waals surface area contributed by atoms with E-state index >= 15 is 0 Å². The van der Waals surface area contributed by atoms with Gasteiger partial charge in [-0.05, 0) is 6.07 Å². The van der Waals surface area contributed by atoms with Crippen LogP contribution in [0.15, 0.2) is 24.4 Å². The van der Waals surface area contributed by atoms with Crippen LogP contribution < -0.4 is 4.74 Å². The average Bonchev–Trinajstić information content (AvgIpc) is 2.24. The maximum atomic E-state index is 10.5. The van der Waals surface area contributed by atoms with E-state index in [2.05, 4.69) is 4.98 Å². The average molecular weight is 225 g/mol. The molecule has 0 atom stereocenters. The van der Waals surface area contributed by atoms with Gasteiger partial charge in [-0.2, -0.15) is 0 Å². The lowest BCUT2D eigenvalue weighted by molar-refractivity contribution is -0.155. The molecule has 86 valence electrons. The monoisotopic (exact) mass is 225 g/mol. The van der Waals surface area contributed by atoms with Gasteiger partial charge in [-0.3, -0.25) is 9.59 Å². The van der Waals surface area contributed by atoms with Crippen molar-refractivity contribution in [1.82, 2.24) is 4.98 Å². The van der Waals surface area contributed by atoms with Crippen molar-refractivity contribution in [2.24, 2.45) is 5.92 Å². The third kappa shape index (κ3) is 3.56. The summed E-state index contributed by atoms with van der Waals surface area (Å²) in [6.07, 6.45) is 1.43. The summed E-state index contributed by atoms with van der Waals surface area (Å²) in [7, 11) is 0. The Kier molecular flexibility index (Phi) is 4.26. The predicted molar refractivity (Wildman–Crippen MR) is 53.1 cm³/mol. The van der Waals surface area contributed by atoms with Crippen LogP contribution in [-0.2, 0) is 9.59 Å². The van der Waals surface area contributed by atoms with E-state index in [1.807, 2.05) is 0 Å². The fourth-order valence-electron chi connectivity index (χ4n) is 1.07. The molecule has 0 saturated carbocycles. The Labute approximate surface area is 91.5 Å². The van der Waals surface area contributed by atoms with Gasteiger partial charge in [0.2, 0.25) is 5.88 Å². The van der Waals surface area contributed by atoms with Crippen LogP contribution >= 0.6 is 0 Å². The highest BCUT2D eigenvalue weighted by molar-refractivity contribution is 5.92. The molecular formula is C10H11NO5. The van der Waals surface area contributed by atoms with Crippen molar-refractivity contribution in [2.45, 2.75) is 6.42 Å². The first-order chi connectivity index (χ1) is 7.61. The van der Waals surface area contributed by atoms with Crippen LogP contribution in [-0.4, -0.2) is 33.7 Å². The molecule has 1 aromatic rings. The number of ether oxygens (including phenoxy) is 1. The molecule has 6 nitrogen and oxygen atoms in total. The quantitative estimate of drug-likeness (QED) is 0.689. The molecule has 1 aromatic heterocycles. The van der Waals surface area contributed by atoms with E-state index in [0.29, 0.717) is 5.88 Å². The summed E-state index contributed by atoms with van der Waals surface area (Å²) in [6.45, 7) is 0.000278. The number of carbonyl (C=O) groups is 2. The fraction of sp³-hybridized carbons (Fsp3) is 0.300. The van der Waals surface area contributed by atoms with Crippen LogP contribution in [0.25, 0.3) is 0 Å². The topological polar surface area (TPSA) is 96.7 Å². The number of aromatic nitrogens is 1. The molecular weight excluding hydrogens is 214 g/mol. The highest BCUT2D eigenvalue weighted by atomic mass is 16.5. The van der Waals surface area contributed by atoms with Crippen LogP contribution in [0.4, 0.5) is 0 Å². The summed E-state index contributed by atoms with van der Waals surface area (Å²) < 4.78 is 5.10. The van der Waals surface area contributed by atoms with Gasteiger partial charge in [-0.15, -0.1) is 0 Å². The second-order valence-electron chi connectivity index (χ2n) is 3.03. The SMILES string of the molecule is O=C(O)C(CCOc1ccccn1)C(=O)O. The Morgan fingerprint density at radius 2 is 2.00 bits per heavy atom. The number of hydrogen-bond acceptors (Lipinski definition) is 4. The summed E-state index contributed by atoms with van der Waals surface area (Å²) in [4.78, 5) is 24.9. The Balaban J connectivity index is 2.40. The van der Waals surface area contributed by atoms with Gasteiger partial charge in [-0.1, -0.05) is 6.07 Å². The summed E-state index contributed by atoms with van der Waals surface area (Å²) in [5.41, 5.74) is 0. The Bertz CT molecular complexity index is 351. The van der Waals surface area contributed by atoms with E-state index in [0.717, 1.165) is 0 Å². The van der Waals surface area contributed by atoms with Gasteiger partial charge in [0.25, 0.3) is 0 Å². The minimum absolute atomic E-state index is 0.000278. The minimum Gasteiger partial charge on any atom is -0.481 e. The summed E-state index contributed by atoms with van der Waals surface area (Å²) in [5.74, 6) is -3.82. The lowest BCUT2D eigenvalue weighted by Crippen LogP contribution is -2.25. The van der Waals surface area contributed by atoms with Crippen molar-refractivity contribution in [2.75, 3.05) is 6.61 Å². The molecule has 0 aliphatic rings. The molecule has 2 N–H and O–H groups in total. The molecule has 6 heteroatoms. The van der Waals surface area contributed by atoms with Crippen LogP contribution in [0.2, 0.25) is 0 Å². The fourth-order valence-corrected chi connectivity index (χ4v) is 1.07. The summed E-state index contributed by atoms with van der Waals surface area (Å²) >= 11 is 0. The standard InChI is InChI=1S/C10H11NO5/c12-9(13)7(10(14)15)4-6-16-8-3-1-2-5-11-8/h1-3,5,7H,4,6H2,(H,12,13)(H,14,15). The van der Waals surface area contributed by atoms with E-state index in [4.69, 9.17) is 14.9 Å². The van der Waals surface area contributed by atoms with Crippen LogP contribution in [0.1, 0.15) is 6.42 Å². The van der Waals surface area contributed by atoms with Crippen molar-refractivity contribution in [3.63, 3.8) is 0 Å². The van der Waals surface area contributed by atoms with Crippen molar-refractivity contribution in [3.05, 3.63) is 24.4 Å². The molecule has 0 aliphatic heterocycles. The maximum Gasteiger partial charge on any atom is 0.318 e. The lowest BCUT2D eigenvalue weighted by Gasteiger charge is -2.08. The van der Waals surface area contributed by atoms with Gasteiger partial charge in [-0.25, -0.2) is 4.98 Å². The zero-order chi connectivity index (χ0) is 12.0. The molecule has 0 unspecified atom stereocenters. The molecule has 0 radical (unpaired) electrons. The summed E-state index contributed by atoms with van der Waals surface area (Å²) in [6, 6.07) is 5.04. The largest absolute Gasteiger partial charge is 0.481 e. The van der Waals surface area contributed by atoms with Gasteiger partial charge >= 0.3 is 11.9 Å². The lowest BCUT2D eigenvalue weighted by atomic mass is 10.1. The maximum absolute atomic E-state index is 10.5. The second kappa shape index (κ2) is 5.69. The first-order valence-corrected chi connectivity index (χ1v) is 4.60. The number of carboxylic acids is 2. The van der Waals surface area contributed by atoms with Crippen LogP contribution in [0.5, 0.6) is 5.88 Å². The highest BCUT2D eigenvalue weighted by Gasteiger charge is 2.25. The molecule has 1 rings (SSSR count). The number of rotatable bonds is 6. The number of nitrogens with zero attached hydrogens (tertiary/aromatic N) is 1. The normalized spacial score (nSPS) is 10.1. The number of carboxylic acid groups (broad SMARTS) is 2. The van der Waals surface area contributed by atoms with Crippen LogP contribution in [0, 0.1) is 5.92 Å². The molecule has 1 heterocycles. The predicted octanol–water partition coefficient (Wildman–Crippen LogP) is 0.636. The zero-order valence-electron chi connectivity index (χ0n) is 8.37. The van der Waals surface area contributed by atoms with E-state index in [1.54, 1.807) is 18.2 Å². The smallest absolute Gasteiger partial charge is 0.318 e. The van der Waals surface area contributed by atoms with Gasteiger partial charge in [0.1, 0.15) is 0 Å². The Morgan fingerprint density at radius 3 is 2.50 bits per heavy atom. The third-order valence-electron chi connectivity index (χ3n) is 1.89. The van der Waals surface area contributed by atoms with Crippen molar-refractivity contribution >= 4 is 11.9 Å². The molecule has 0 aliphatic carbocycles. The van der Waals surface area contributed by atoms with Crippen LogP contribution in [0.3, 0.4) is 0 Å². The van der Waals surface area contributed by atoms with Gasteiger partial charge in [0.05, 0.1) is 6.61 Å². The number of hydrogen-bond donors (Lipinski definition) is 2. The molecule has 0 fully saturated rings. The van der Waals surface area contributed by atoms with Gasteiger partial charge in [0.15, 0.2) is 5.92 Å². The molecule has 0 spiro atoms. The Hall–Kier alpha value is -2.11. The molecule has 16 heavy (non-hydrogen) atoms. The van der Waals surface area contributed by atoms with Crippen molar-refractivity contribution in [1.29, 1.82) is 0 Å². The van der Waals surface area contributed by atoms with E-state index in [9.17, 15) is 9.59 Å². The van der Waals surface area contributed by atoms with E-state index in [1.165, 1.54) is 6.20 Å². The van der Waals surface area contributed by atoms with Gasteiger partial charge in [0, 0.05) is 18.7 Å². The van der Waals surface area contributed by atoms with Crippen molar-refractivity contribution < 1.29 is 24.5 Å². The van der Waals surface area contributed by atoms with Gasteiger partial charge < -0.3 is 14.9 Å². The highest BCUT2D eigenvalue weighted by Crippen LogP contribution is 2.08. The third-order valence-corrected chi connectivity index (χ3v) is 1.89. The molecule has 0 amide bonds. The molecule has 0 saturated heterocycles.